The van der Waals surface area contributed by atoms with E-state index in [1.54, 1.807) is 6.92 Å². The van der Waals surface area contributed by atoms with E-state index in [0.29, 0.717) is 6.42 Å². The number of benzene rings is 1. The lowest BCUT2D eigenvalue weighted by Gasteiger charge is -2.51. The fourth-order valence-corrected chi connectivity index (χ4v) is 4.96. The maximum atomic E-state index is 12.4. The monoisotopic (exact) mass is 392 g/mol. The fraction of sp³-hybridized carbons (Fsp3) is 0.417. The molecule has 4 rings (SSSR count). The third-order valence-corrected chi connectivity index (χ3v) is 7.01. The molecule has 1 aliphatic carbocycles. The van der Waals surface area contributed by atoms with Crippen LogP contribution in [0.15, 0.2) is 54.7 Å². The quantitative estimate of drug-likeness (QED) is 0.782. The van der Waals surface area contributed by atoms with E-state index < -0.39 is 23.2 Å². The van der Waals surface area contributed by atoms with Crippen molar-refractivity contribution in [2.45, 2.75) is 44.4 Å². The normalized spacial score (nSPS) is 36.8. The predicted molar refractivity (Wildman–Crippen MR) is 113 cm³/mol. The highest BCUT2D eigenvalue weighted by Crippen LogP contribution is 2.52. The van der Waals surface area contributed by atoms with Crippen molar-refractivity contribution in [3.8, 4) is 11.1 Å². The third kappa shape index (κ3) is 3.00. The first-order valence-electron chi connectivity index (χ1n) is 10.2. The highest BCUT2D eigenvalue weighted by molar-refractivity contribution is 5.85. The molecule has 2 fully saturated rings. The summed E-state index contributed by atoms with van der Waals surface area (Å²) in [6.07, 6.45) is 5.54. The number of aromatic nitrogens is 1. The van der Waals surface area contributed by atoms with Gasteiger partial charge in [-0.15, -0.1) is 0 Å². The minimum absolute atomic E-state index is 0.137. The van der Waals surface area contributed by atoms with E-state index in [0.717, 1.165) is 16.8 Å². The highest BCUT2D eigenvalue weighted by atomic mass is 16.6. The number of esters is 1. The van der Waals surface area contributed by atoms with Crippen molar-refractivity contribution < 1.29 is 14.6 Å². The fourth-order valence-electron chi connectivity index (χ4n) is 4.96. The molecule has 1 aliphatic heterocycles. The molecule has 5 nitrogen and oxygen atoms in total. The zero-order chi connectivity index (χ0) is 20.8. The van der Waals surface area contributed by atoms with Crippen molar-refractivity contribution >= 4 is 12.0 Å². The Hall–Kier alpha value is -2.50. The van der Waals surface area contributed by atoms with Crippen molar-refractivity contribution in [1.82, 2.24) is 4.98 Å². The molecule has 0 bridgehead atoms. The van der Waals surface area contributed by atoms with Gasteiger partial charge in [-0.05, 0) is 42.9 Å². The van der Waals surface area contributed by atoms with Gasteiger partial charge in [0, 0.05) is 17.7 Å². The van der Waals surface area contributed by atoms with Crippen LogP contribution in [0.4, 0.5) is 0 Å². The Kier molecular flexibility index (Phi) is 4.83. The Morgan fingerprint density at radius 2 is 1.86 bits per heavy atom. The molecule has 29 heavy (non-hydrogen) atoms. The van der Waals surface area contributed by atoms with Crippen molar-refractivity contribution in [2.24, 2.45) is 23.5 Å². The molecule has 2 heterocycles. The lowest BCUT2D eigenvalue weighted by Crippen LogP contribution is -2.72. The largest absolute Gasteiger partial charge is 0.458 e. The molecule has 2 aliphatic rings. The van der Waals surface area contributed by atoms with Gasteiger partial charge in [0.15, 0.2) is 5.60 Å². The number of nitrogens with two attached hydrogens (primary N) is 1. The summed E-state index contributed by atoms with van der Waals surface area (Å²) in [6, 6.07) is 14.1. The maximum Gasteiger partial charge on any atom is 0.340 e. The number of carbonyl (C=O) groups excluding carboxylic acids is 1. The van der Waals surface area contributed by atoms with Gasteiger partial charge in [0.2, 0.25) is 0 Å². The van der Waals surface area contributed by atoms with Crippen LogP contribution in [0.2, 0.25) is 0 Å². The van der Waals surface area contributed by atoms with Crippen LogP contribution >= 0.6 is 0 Å². The van der Waals surface area contributed by atoms with Crippen LogP contribution in [0.5, 0.6) is 0 Å². The second-order valence-electron chi connectivity index (χ2n) is 8.60. The number of rotatable bonds is 3. The topological polar surface area (TPSA) is 85.4 Å². The van der Waals surface area contributed by atoms with Gasteiger partial charge < -0.3 is 15.6 Å². The molecule has 2 aromatic rings. The van der Waals surface area contributed by atoms with Crippen LogP contribution in [-0.2, 0) is 9.53 Å². The number of nitrogens with zero attached hydrogens (tertiary/aromatic N) is 1. The number of ether oxygens (including phenoxy) is 1. The zero-order valence-electron chi connectivity index (χ0n) is 17.1. The number of pyridine rings is 1. The van der Waals surface area contributed by atoms with E-state index in [2.05, 4.69) is 24.0 Å². The van der Waals surface area contributed by atoms with E-state index in [4.69, 9.17) is 10.5 Å². The van der Waals surface area contributed by atoms with Crippen LogP contribution in [0.25, 0.3) is 17.2 Å². The van der Waals surface area contributed by atoms with E-state index in [1.807, 2.05) is 55.6 Å². The van der Waals surface area contributed by atoms with E-state index in [-0.39, 0.29) is 17.8 Å². The van der Waals surface area contributed by atoms with Gasteiger partial charge in [0.1, 0.15) is 6.10 Å². The Balaban J connectivity index is 1.63. The Bertz CT molecular complexity index is 927. The minimum Gasteiger partial charge on any atom is -0.458 e. The average Bonchev–Trinajstić information content (AvgIpc) is 2.89. The predicted octanol–water partition coefficient (Wildman–Crippen LogP) is 3.43. The molecular formula is C24H28N2O3. The molecule has 1 aromatic carbocycles. The molecule has 1 aromatic heterocycles. The van der Waals surface area contributed by atoms with Gasteiger partial charge >= 0.3 is 5.97 Å². The van der Waals surface area contributed by atoms with E-state index in [9.17, 15) is 9.90 Å². The minimum atomic E-state index is -1.65. The van der Waals surface area contributed by atoms with Crippen LogP contribution in [0.3, 0.4) is 0 Å². The number of hydrogen-bond donors (Lipinski definition) is 2. The summed E-state index contributed by atoms with van der Waals surface area (Å²) in [5.74, 6) is -0.488. The Morgan fingerprint density at radius 1 is 1.14 bits per heavy atom. The Labute approximate surface area is 171 Å². The molecule has 0 amide bonds. The average molecular weight is 392 g/mol. The molecule has 1 saturated heterocycles. The first-order valence-corrected chi connectivity index (χ1v) is 10.2. The third-order valence-electron chi connectivity index (χ3n) is 7.01. The number of carbonyl (C=O) groups is 1. The molecule has 152 valence electrons. The molecule has 3 N–H and O–H groups in total. The summed E-state index contributed by atoms with van der Waals surface area (Å²) in [4.78, 5) is 17.0. The molecule has 1 saturated carbocycles. The summed E-state index contributed by atoms with van der Waals surface area (Å²) in [7, 11) is 0. The molecule has 0 spiro atoms. The van der Waals surface area contributed by atoms with Crippen molar-refractivity contribution in [1.29, 1.82) is 0 Å². The van der Waals surface area contributed by atoms with E-state index in [1.165, 1.54) is 0 Å². The molecule has 5 heteroatoms. The van der Waals surface area contributed by atoms with Crippen molar-refractivity contribution in [3.05, 3.63) is 60.4 Å². The summed E-state index contributed by atoms with van der Waals surface area (Å²) in [5.41, 5.74) is 6.89. The molecule has 0 radical (unpaired) electrons. The summed E-state index contributed by atoms with van der Waals surface area (Å²) in [6.45, 7) is 5.94. The van der Waals surface area contributed by atoms with Crippen molar-refractivity contribution in [2.75, 3.05) is 0 Å². The molecular weight excluding hydrogens is 364 g/mol. The SMILES string of the molecule is CC1[C@@H](C)C[C@@]2(O)C(=O)O[C@H](C)[C@@]2(N)[C@H]1/C=C/c1ccc(-c2ccccc2)cn1. The van der Waals surface area contributed by atoms with Gasteiger partial charge in [-0.25, -0.2) is 4.79 Å². The summed E-state index contributed by atoms with van der Waals surface area (Å²) in [5, 5.41) is 11.2. The highest BCUT2D eigenvalue weighted by Gasteiger charge is 2.70. The smallest absolute Gasteiger partial charge is 0.340 e. The number of aliphatic hydroxyl groups is 1. The lowest BCUT2D eigenvalue weighted by atomic mass is 9.56. The maximum absolute atomic E-state index is 12.4. The van der Waals surface area contributed by atoms with Crippen LogP contribution in [0, 0.1) is 17.8 Å². The molecule has 6 atom stereocenters. The number of hydrogen-bond acceptors (Lipinski definition) is 5. The first-order chi connectivity index (χ1) is 13.8. The van der Waals surface area contributed by atoms with Crippen LogP contribution < -0.4 is 5.73 Å². The van der Waals surface area contributed by atoms with Gasteiger partial charge in [-0.3, -0.25) is 4.98 Å². The van der Waals surface area contributed by atoms with E-state index >= 15 is 0 Å². The second kappa shape index (κ2) is 7.08. The standard InChI is InChI=1S/C24H28N2O3/c1-15-13-23(28)22(27)29-17(3)24(23,25)21(16(15)2)12-11-20-10-9-19(14-26-20)18-7-5-4-6-8-18/h4-12,14-17,21,28H,13,25H2,1-3H3/b12-11+/t15-,16?,17+,21-,23+,24+/m0/s1. The van der Waals surface area contributed by atoms with Gasteiger partial charge in [0.25, 0.3) is 0 Å². The summed E-state index contributed by atoms with van der Waals surface area (Å²) < 4.78 is 5.39. The second-order valence-corrected chi connectivity index (χ2v) is 8.60. The lowest BCUT2D eigenvalue weighted by molar-refractivity contribution is -0.161. The van der Waals surface area contributed by atoms with Crippen LogP contribution in [0.1, 0.15) is 32.9 Å². The summed E-state index contributed by atoms with van der Waals surface area (Å²) >= 11 is 0. The van der Waals surface area contributed by atoms with Gasteiger partial charge in [0.05, 0.1) is 11.2 Å². The first kappa shape index (κ1) is 19.8. The molecule has 1 unspecified atom stereocenters. The zero-order valence-corrected chi connectivity index (χ0v) is 17.1. The van der Waals surface area contributed by atoms with Gasteiger partial charge in [-0.2, -0.15) is 0 Å². The Morgan fingerprint density at radius 3 is 2.52 bits per heavy atom. The number of fused-ring (bicyclic) bond motifs is 1. The van der Waals surface area contributed by atoms with Crippen molar-refractivity contribution in [3.63, 3.8) is 0 Å². The van der Waals surface area contributed by atoms with Gasteiger partial charge in [-0.1, -0.05) is 56.3 Å². The van der Waals surface area contributed by atoms with Crippen LogP contribution in [-0.4, -0.2) is 33.3 Å². The number of cyclic esters (lactones) is 1.